The Kier molecular flexibility index (Phi) is 14.8. The van der Waals surface area contributed by atoms with E-state index in [9.17, 15) is 28.8 Å². The zero-order valence-electron chi connectivity index (χ0n) is 38.9. The van der Waals surface area contributed by atoms with Crippen LogP contribution in [0.5, 0.6) is 0 Å². The quantitative estimate of drug-likeness (QED) is 0.197. The normalized spacial score (nSPS) is 27.2. The summed E-state index contributed by atoms with van der Waals surface area (Å²) < 4.78 is 22.6. The molecule has 2 heterocycles. The van der Waals surface area contributed by atoms with Crippen molar-refractivity contribution < 1.29 is 47.7 Å². The molecule has 1 unspecified atom stereocenters. The van der Waals surface area contributed by atoms with Crippen molar-refractivity contribution in [1.82, 2.24) is 40.9 Å². The van der Waals surface area contributed by atoms with E-state index in [-0.39, 0.29) is 36.5 Å². The number of urea groups is 2. The van der Waals surface area contributed by atoms with Crippen LogP contribution in [0.25, 0.3) is 0 Å². The Balaban J connectivity index is 0.736. The smallest absolute Gasteiger partial charge is 0.410 e. The van der Waals surface area contributed by atoms with Crippen LogP contribution in [-0.4, -0.2) is 145 Å². The van der Waals surface area contributed by atoms with Gasteiger partial charge in [0.05, 0.1) is 0 Å². The fourth-order valence-electron chi connectivity index (χ4n) is 9.86. The zero-order chi connectivity index (χ0) is 45.8. The number of nitrogens with zero attached hydrogens (tertiary/aromatic N) is 4. The van der Waals surface area contributed by atoms with E-state index >= 15 is 0 Å². The van der Waals surface area contributed by atoms with Gasteiger partial charge in [-0.1, -0.05) is 0 Å². The van der Waals surface area contributed by atoms with Crippen LogP contribution in [0.3, 0.4) is 0 Å². The molecule has 0 bridgehead atoms. The number of piperazine rings is 2. The number of fused-ring (bicyclic) bond motifs is 2. The summed E-state index contributed by atoms with van der Waals surface area (Å²) in [5.74, 6) is 1.28. The van der Waals surface area contributed by atoms with E-state index in [1.54, 1.807) is 19.6 Å². The van der Waals surface area contributed by atoms with Crippen molar-refractivity contribution in [3.63, 3.8) is 0 Å². The highest BCUT2D eigenvalue weighted by Crippen LogP contribution is 2.50. The summed E-state index contributed by atoms with van der Waals surface area (Å²) in [4.78, 5) is 83.6. The lowest BCUT2D eigenvalue weighted by Crippen LogP contribution is -2.53. The topological polar surface area (TPSA) is 200 Å². The van der Waals surface area contributed by atoms with Gasteiger partial charge in [-0.2, -0.15) is 0 Å². The minimum absolute atomic E-state index is 0.138. The number of hydrogen-bond acceptors (Lipinski definition) is 10. The van der Waals surface area contributed by atoms with Crippen LogP contribution in [0, 0.1) is 23.7 Å². The molecule has 4 atom stereocenters. The van der Waals surface area contributed by atoms with E-state index in [0.717, 1.165) is 62.8 Å². The summed E-state index contributed by atoms with van der Waals surface area (Å²) >= 11 is 0. The molecule has 0 aromatic rings. The van der Waals surface area contributed by atoms with Crippen LogP contribution in [0.4, 0.5) is 28.8 Å². The molecule has 0 radical (unpaired) electrons. The number of alkyl carbamates (subject to hydrolysis) is 2. The third-order valence-corrected chi connectivity index (χ3v) is 13.4. The Bertz CT molecular complexity index is 1690. The summed E-state index contributed by atoms with van der Waals surface area (Å²) in [7, 11) is 0. The molecule has 7 rings (SSSR count). The van der Waals surface area contributed by atoms with Crippen molar-refractivity contribution in [2.75, 3.05) is 65.4 Å². The van der Waals surface area contributed by atoms with Crippen LogP contribution >= 0.6 is 0 Å². The molecule has 8 amide bonds. The van der Waals surface area contributed by atoms with Gasteiger partial charge < -0.3 is 59.8 Å². The molecule has 356 valence electrons. The molecule has 2 saturated heterocycles. The SMILES string of the molecule is CC(C)(C)OC(=O)NCC1CC[C@@H]2C(=C2NC(=O)N2CCN(C(=O)OC3CCCC(OC(=O)N4CCN(C(=O)NC5=C6C[C@H](CNC(=O)OC(C)(C)C)CC[C@H]65)CC4)CCC3)CC2)C1. The van der Waals surface area contributed by atoms with Gasteiger partial charge in [-0.25, -0.2) is 28.8 Å². The fourth-order valence-corrected chi connectivity index (χ4v) is 9.86. The summed E-state index contributed by atoms with van der Waals surface area (Å²) in [6.45, 7) is 15.5. The fraction of sp³-hybridized carbons (Fsp3) is 0.783. The van der Waals surface area contributed by atoms with Crippen molar-refractivity contribution >= 4 is 36.4 Å². The number of allylic oxidation sites excluding steroid dienone is 4. The molecule has 64 heavy (non-hydrogen) atoms. The second-order valence-electron chi connectivity index (χ2n) is 20.7. The summed E-state index contributed by atoms with van der Waals surface area (Å²) in [6, 6.07) is -0.275. The lowest BCUT2D eigenvalue weighted by Gasteiger charge is -2.35. The zero-order valence-corrected chi connectivity index (χ0v) is 38.9. The van der Waals surface area contributed by atoms with Gasteiger partial charge in [-0.15, -0.1) is 0 Å². The highest BCUT2D eigenvalue weighted by Gasteiger charge is 2.44. The average Bonchev–Trinajstić information content (AvgIpc) is 4.13. The van der Waals surface area contributed by atoms with E-state index in [4.69, 9.17) is 18.9 Å². The van der Waals surface area contributed by atoms with Gasteiger partial charge in [-0.3, -0.25) is 0 Å². The predicted molar refractivity (Wildman–Crippen MR) is 236 cm³/mol. The van der Waals surface area contributed by atoms with Gasteiger partial charge in [-0.05, 0) is 142 Å². The molecule has 2 aliphatic heterocycles. The molecule has 0 aromatic heterocycles. The Labute approximate surface area is 377 Å². The lowest BCUT2D eigenvalue weighted by atomic mass is 9.89. The molecule has 5 aliphatic carbocycles. The first-order valence-electron chi connectivity index (χ1n) is 23.8. The van der Waals surface area contributed by atoms with Gasteiger partial charge in [0.2, 0.25) is 0 Å². The monoisotopic (exact) mass is 897 g/mol. The largest absolute Gasteiger partial charge is 0.446 e. The number of carbonyl (C=O) groups excluding carboxylic acids is 6. The second kappa shape index (κ2) is 20.1. The Morgan fingerprint density at radius 3 is 1.19 bits per heavy atom. The molecule has 0 spiro atoms. The van der Waals surface area contributed by atoms with Crippen LogP contribution in [-0.2, 0) is 18.9 Å². The highest BCUT2D eigenvalue weighted by molar-refractivity contribution is 5.79. The van der Waals surface area contributed by atoms with Crippen LogP contribution in [0.1, 0.15) is 119 Å². The van der Waals surface area contributed by atoms with Crippen LogP contribution < -0.4 is 21.3 Å². The maximum absolute atomic E-state index is 13.2. The molecule has 0 aromatic carbocycles. The number of hydrogen-bond donors (Lipinski definition) is 4. The Hall–Kier alpha value is -4.90. The van der Waals surface area contributed by atoms with Crippen molar-refractivity contribution in [1.29, 1.82) is 0 Å². The minimum atomic E-state index is -0.537. The van der Waals surface area contributed by atoms with E-state index < -0.39 is 23.4 Å². The summed E-state index contributed by atoms with van der Waals surface area (Å²) in [5, 5.41) is 12.0. The summed E-state index contributed by atoms with van der Waals surface area (Å²) in [5.41, 5.74) is 3.50. The molecule has 3 saturated carbocycles. The molecule has 7 aliphatic rings. The molecular weight excluding hydrogens is 825 g/mol. The lowest BCUT2D eigenvalue weighted by molar-refractivity contribution is 0.0197. The van der Waals surface area contributed by atoms with Crippen molar-refractivity contribution in [2.45, 2.75) is 142 Å². The third-order valence-electron chi connectivity index (χ3n) is 13.4. The Morgan fingerprint density at radius 1 is 0.500 bits per heavy atom. The van der Waals surface area contributed by atoms with Gasteiger partial charge >= 0.3 is 36.4 Å². The molecule has 18 heteroatoms. The number of nitrogens with one attached hydrogen (secondary N) is 4. The van der Waals surface area contributed by atoms with Gasteiger partial charge in [0.1, 0.15) is 23.4 Å². The van der Waals surface area contributed by atoms with E-state index in [2.05, 4.69) is 21.3 Å². The van der Waals surface area contributed by atoms with Crippen LogP contribution in [0.2, 0.25) is 0 Å². The van der Waals surface area contributed by atoms with Gasteiger partial charge in [0.25, 0.3) is 0 Å². The van der Waals surface area contributed by atoms with E-state index in [1.165, 1.54) is 11.1 Å². The Morgan fingerprint density at radius 2 is 0.844 bits per heavy atom. The summed E-state index contributed by atoms with van der Waals surface area (Å²) in [6.07, 6.45) is 7.93. The number of carbonyl (C=O) groups is 6. The number of ether oxygens (including phenoxy) is 4. The number of amides is 8. The van der Waals surface area contributed by atoms with Gasteiger partial charge in [0, 0.05) is 88.7 Å². The van der Waals surface area contributed by atoms with Crippen LogP contribution in [0.15, 0.2) is 22.5 Å². The molecular formula is C46H72N8O10. The first-order valence-corrected chi connectivity index (χ1v) is 23.8. The average molecular weight is 897 g/mol. The first-order chi connectivity index (χ1) is 30.4. The second-order valence-corrected chi connectivity index (χ2v) is 20.7. The highest BCUT2D eigenvalue weighted by atomic mass is 16.6. The molecule has 4 N–H and O–H groups in total. The van der Waals surface area contributed by atoms with E-state index in [0.29, 0.717) is 115 Å². The van der Waals surface area contributed by atoms with Crippen molar-refractivity contribution in [2.24, 2.45) is 23.7 Å². The first kappa shape index (κ1) is 47.1. The van der Waals surface area contributed by atoms with Crippen molar-refractivity contribution in [3.8, 4) is 0 Å². The predicted octanol–water partition coefficient (Wildman–Crippen LogP) is 6.42. The maximum Gasteiger partial charge on any atom is 0.410 e. The van der Waals surface area contributed by atoms with Crippen molar-refractivity contribution in [3.05, 3.63) is 22.5 Å². The number of rotatable bonds is 8. The maximum atomic E-state index is 13.2. The standard InChI is InChI=1S/C46H72N8O10/c1-45(2,3)63-41(57)47-27-29-13-15-33-35(25-29)37(33)49-39(55)51-17-21-53(22-18-51)43(59)61-31-9-7-11-32(12-8-10-31)62-44(60)54-23-19-52(20-24-54)40(56)50-38-34-16-14-30(26-36(34)38)28-48-42(58)64-46(4,5)6/h29-34H,7-28H2,1-6H3,(H,47,57)(H,48,58)(H,49,55)(H,50,56)/t29-,30?,31?,32?,33-,34-/m1/s1. The molecule has 5 fully saturated rings. The minimum Gasteiger partial charge on any atom is -0.446 e. The van der Waals surface area contributed by atoms with E-state index in [1.807, 2.05) is 41.5 Å². The molecule has 18 nitrogen and oxygen atoms in total. The van der Waals surface area contributed by atoms with Gasteiger partial charge in [0.15, 0.2) is 0 Å². The third kappa shape index (κ3) is 13.1.